The van der Waals surface area contributed by atoms with Crippen molar-refractivity contribution in [2.24, 2.45) is 0 Å². The van der Waals surface area contributed by atoms with Gasteiger partial charge in [0.25, 0.3) is 15.6 Å². The number of likely N-dealkylation sites (N-methyl/N-ethyl adjacent to an activating group) is 1. The van der Waals surface area contributed by atoms with E-state index in [1.54, 1.807) is 22.5 Å². The standard InChI is InChI=1S/C19H26N4O4S2/c1-22(13-15-3-2-12-27-15)14-8-10-23(11-9-14)29(25,26)19-7-5-17(28-19)16-4-6-18(24)21-20-16/h4-7,14-15H,2-3,8-13H2,1H3,(H,21,24). The molecule has 0 spiro atoms. The van der Waals surface area contributed by atoms with E-state index in [-0.39, 0.29) is 5.56 Å². The Kier molecular flexibility index (Phi) is 6.16. The molecule has 1 N–H and O–H groups in total. The summed E-state index contributed by atoms with van der Waals surface area (Å²) in [6.45, 7) is 2.81. The lowest BCUT2D eigenvalue weighted by molar-refractivity contribution is 0.0582. The van der Waals surface area contributed by atoms with Gasteiger partial charge in [-0.1, -0.05) is 0 Å². The Bertz CT molecular complexity index is 969. The number of hydrogen-bond acceptors (Lipinski definition) is 7. The van der Waals surface area contributed by atoms with E-state index in [2.05, 4.69) is 22.1 Å². The molecular weight excluding hydrogens is 412 g/mol. The lowest BCUT2D eigenvalue weighted by Gasteiger charge is -2.36. The smallest absolute Gasteiger partial charge is 0.264 e. The fourth-order valence-corrected chi connectivity index (χ4v) is 6.89. The molecule has 0 saturated carbocycles. The van der Waals surface area contributed by atoms with Crippen molar-refractivity contribution in [3.05, 3.63) is 34.6 Å². The van der Waals surface area contributed by atoms with Crippen LogP contribution < -0.4 is 5.56 Å². The van der Waals surface area contributed by atoms with Gasteiger partial charge in [0.1, 0.15) is 9.90 Å². The highest BCUT2D eigenvalue weighted by Crippen LogP contribution is 2.32. The minimum absolute atomic E-state index is 0.287. The second-order valence-corrected chi connectivity index (χ2v) is 10.9. The van der Waals surface area contributed by atoms with E-state index in [1.807, 2.05) is 0 Å². The van der Waals surface area contributed by atoms with Gasteiger partial charge in [0.2, 0.25) is 0 Å². The Morgan fingerprint density at radius 2 is 2.03 bits per heavy atom. The van der Waals surface area contributed by atoms with Gasteiger partial charge in [-0.3, -0.25) is 4.79 Å². The van der Waals surface area contributed by atoms with Crippen molar-refractivity contribution < 1.29 is 13.2 Å². The zero-order valence-corrected chi connectivity index (χ0v) is 18.0. The zero-order chi connectivity index (χ0) is 20.4. The predicted octanol–water partition coefficient (Wildman–Crippen LogP) is 1.76. The molecule has 2 saturated heterocycles. The third-order valence-corrected chi connectivity index (χ3v) is 9.14. The third-order valence-electron chi connectivity index (χ3n) is 5.67. The van der Waals surface area contributed by atoms with Crippen LogP contribution in [0.3, 0.4) is 0 Å². The summed E-state index contributed by atoms with van der Waals surface area (Å²) in [6, 6.07) is 6.72. The molecule has 0 aliphatic carbocycles. The number of piperidine rings is 1. The topological polar surface area (TPSA) is 95.6 Å². The summed E-state index contributed by atoms with van der Waals surface area (Å²) in [7, 11) is -1.41. The number of rotatable bonds is 6. The monoisotopic (exact) mass is 438 g/mol. The average molecular weight is 439 g/mol. The Labute approximate surface area is 174 Å². The molecule has 4 heterocycles. The zero-order valence-electron chi connectivity index (χ0n) is 16.4. The van der Waals surface area contributed by atoms with Crippen molar-refractivity contribution in [2.75, 3.05) is 33.3 Å². The van der Waals surface area contributed by atoms with Crippen LogP contribution in [0.1, 0.15) is 25.7 Å². The predicted molar refractivity (Wildman–Crippen MR) is 112 cm³/mol. The van der Waals surface area contributed by atoms with Gasteiger partial charge in [0, 0.05) is 38.3 Å². The quantitative estimate of drug-likeness (QED) is 0.738. The Hall–Kier alpha value is -1.59. The molecule has 29 heavy (non-hydrogen) atoms. The number of thiophene rings is 1. The van der Waals surface area contributed by atoms with Crippen molar-refractivity contribution in [3.8, 4) is 10.6 Å². The van der Waals surface area contributed by atoms with Crippen LogP contribution >= 0.6 is 11.3 Å². The van der Waals surface area contributed by atoms with Crippen LogP contribution in [-0.2, 0) is 14.8 Å². The van der Waals surface area contributed by atoms with Crippen molar-refractivity contribution in [3.63, 3.8) is 0 Å². The molecule has 0 radical (unpaired) electrons. The first kappa shape index (κ1) is 20.7. The number of H-pyrrole nitrogens is 1. The van der Waals surface area contributed by atoms with Gasteiger partial charge in [0.15, 0.2) is 0 Å². The fourth-order valence-electron chi connectivity index (χ4n) is 3.99. The van der Waals surface area contributed by atoms with E-state index in [0.29, 0.717) is 40.0 Å². The lowest BCUT2D eigenvalue weighted by atomic mass is 10.0. The molecule has 2 aliphatic heterocycles. The third kappa shape index (κ3) is 4.61. The van der Waals surface area contributed by atoms with E-state index < -0.39 is 10.0 Å². The van der Waals surface area contributed by atoms with E-state index in [1.165, 1.54) is 17.4 Å². The summed E-state index contributed by atoms with van der Waals surface area (Å²) < 4.78 is 33.7. The van der Waals surface area contributed by atoms with E-state index >= 15 is 0 Å². The van der Waals surface area contributed by atoms with Crippen molar-refractivity contribution in [2.45, 2.75) is 42.0 Å². The van der Waals surface area contributed by atoms with Crippen molar-refractivity contribution in [1.82, 2.24) is 19.4 Å². The number of aromatic amines is 1. The summed E-state index contributed by atoms with van der Waals surface area (Å²) in [5, 5.41) is 6.35. The van der Waals surface area contributed by atoms with Crippen LogP contribution in [0.4, 0.5) is 0 Å². The molecule has 0 bridgehead atoms. The maximum absolute atomic E-state index is 13.1. The number of nitrogens with zero attached hydrogens (tertiary/aromatic N) is 3. The number of aromatic nitrogens is 2. The molecule has 1 atom stereocenters. The minimum Gasteiger partial charge on any atom is -0.377 e. The van der Waals surface area contributed by atoms with Crippen LogP contribution in [0.25, 0.3) is 10.6 Å². The van der Waals surface area contributed by atoms with Gasteiger partial charge in [-0.05, 0) is 50.9 Å². The summed E-state index contributed by atoms with van der Waals surface area (Å²) in [6.07, 6.45) is 4.20. The molecule has 4 rings (SSSR count). The first-order valence-electron chi connectivity index (χ1n) is 9.91. The van der Waals surface area contributed by atoms with Gasteiger partial charge in [-0.2, -0.15) is 9.40 Å². The largest absolute Gasteiger partial charge is 0.377 e. The second-order valence-electron chi connectivity index (χ2n) is 7.63. The number of nitrogens with one attached hydrogen (secondary N) is 1. The van der Waals surface area contributed by atoms with E-state index in [4.69, 9.17) is 4.74 Å². The minimum atomic E-state index is -3.52. The first-order chi connectivity index (χ1) is 13.9. The average Bonchev–Trinajstić information content (AvgIpc) is 3.41. The normalized spacial score (nSPS) is 21.8. The first-order valence-corrected chi connectivity index (χ1v) is 12.2. The van der Waals surface area contributed by atoms with E-state index in [9.17, 15) is 13.2 Å². The molecule has 158 valence electrons. The van der Waals surface area contributed by atoms with Gasteiger partial charge in [-0.15, -0.1) is 11.3 Å². The van der Waals surface area contributed by atoms with Crippen LogP contribution in [0.15, 0.2) is 33.3 Å². The summed E-state index contributed by atoms with van der Waals surface area (Å²) in [5.74, 6) is 0. The van der Waals surface area contributed by atoms with Gasteiger partial charge in [0.05, 0.1) is 11.0 Å². The Morgan fingerprint density at radius 1 is 1.24 bits per heavy atom. The molecule has 2 aromatic rings. The van der Waals surface area contributed by atoms with Gasteiger partial charge < -0.3 is 9.64 Å². The van der Waals surface area contributed by atoms with Crippen LogP contribution in [0.5, 0.6) is 0 Å². The fraction of sp³-hybridized carbons (Fsp3) is 0.579. The van der Waals surface area contributed by atoms with Crippen LogP contribution in [0.2, 0.25) is 0 Å². The molecule has 0 amide bonds. The molecule has 2 aliphatic rings. The molecule has 0 aromatic carbocycles. The maximum Gasteiger partial charge on any atom is 0.264 e. The summed E-state index contributed by atoms with van der Waals surface area (Å²) in [5.41, 5.74) is 0.274. The van der Waals surface area contributed by atoms with Gasteiger partial charge in [-0.25, -0.2) is 13.5 Å². The molecule has 1 unspecified atom stereocenters. The van der Waals surface area contributed by atoms with Crippen molar-refractivity contribution in [1.29, 1.82) is 0 Å². The highest BCUT2D eigenvalue weighted by atomic mass is 32.2. The summed E-state index contributed by atoms with van der Waals surface area (Å²) in [4.78, 5) is 14.2. The highest BCUT2D eigenvalue weighted by Gasteiger charge is 2.32. The Balaban J connectivity index is 1.38. The lowest BCUT2D eigenvalue weighted by Crippen LogP contribution is -2.47. The second kappa shape index (κ2) is 8.65. The number of hydrogen-bond donors (Lipinski definition) is 1. The number of ether oxygens (including phenoxy) is 1. The molecule has 10 heteroatoms. The van der Waals surface area contributed by atoms with Crippen molar-refractivity contribution >= 4 is 21.4 Å². The molecule has 2 aromatic heterocycles. The SMILES string of the molecule is CN(CC1CCCO1)C1CCN(S(=O)(=O)c2ccc(-c3ccc(=O)[nH]n3)s2)CC1. The number of sulfonamides is 1. The van der Waals surface area contributed by atoms with E-state index in [0.717, 1.165) is 38.8 Å². The molecule has 8 nitrogen and oxygen atoms in total. The van der Waals surface area contributed by atoms with Gasteiger partial charge >= 0.3 is 0 Å². The summed E-state index contributed by atoms with van der Waals surface area (Å²) >= 11 is 1.18. The van der Waals surface area contributed by atoms with Crippen LogP contribution in [0, 0.1) is 0 Å². The van der Waals surface area contributed by atoms with Crippen LogP contribution in [-0.4, -0.2) is 73.3 Å². The molecular formula is C19H26N4O4S2. The highest BCUT2D eigenvalue weighted by molar-refractivity contribution is 7.91. The maximum atomic E-state index is 13.1. The Morgan fingerprint density at radius 3 is 2.69 bits per heavy atom. The molecule has 2 fully saturated rings.